The maximum Gasteiger partial charge on any atom is 0.284 e. The van der Waals surface area contributed by atoms with Crippen molar-refractivity contribution in [2.45, 2.75) is 12.8 Å². The minimum absolute atomic E-state index is 0.243. The van der Waals surface area contributed by atoms with Gasteiger partial charge in [0.05, 0.1) is 23.3 Å². The molecule has 0 spiro atoms. The molecule has 3 heterocycles. The SMILES string of the molecule is Cc1ccc(NC(=O)c2nc(-c3cnn4ccccc34)c(CCl)s2)cc1. The van der Waals surface area contributed by atoms with Crippen LogP contribution < -0.4 is 5.32 Å². The van der Waals surface area contributed by atoms with Crippen LogP contribution in [0, 0.1) is 6.92 Å². The number of pyridine rings is 1. The number of rotatable bonds is 4. The van der Waals surface area contributed by atoms with Crippen LogP contribution >= 0.6 is 22.9 Å². The van der Waals surface area contributed by atoms with Gasteiger partial charge in [0.2, 0.25) is 0 Å². The van der Waals surface area contributed by atoms with E-state index in [-0.39, 0.29) is 11.8 Å². The fourth-order valence-corrected chi connectivity index (χ4v) is 3.80. The summed E-state index contributed by atoms with van der Waals surface area (Å²) in [6, 6.07) is 13.5. The Morgan fingerprint density at radius 2 is 2.04 bits per heavy atom. The third-order valence-corrected chi connectivity index (χ3v) is 5.48. The molecule has 1 amide bonds. The average molecular weight is 383 g/mol. The molecule has 1 aromatic carbocycles. The van der Waals surface area contributed by atoms with Gasteiger partial charge < -0.3 is 5.32 Å². The van der Waals surface area contributed by atoms with E-state index in [1.54, 1.807) is 10.7 Å². The summed E-state index contributed by atoms with van der Waals surface area (Å²) < 4.78 is 1.78. The second-order valence-corrected chi connectivity index (χ2v) is 7.18. The van der Waals surface area contributed by atoms with E-state index in [0.717, 1.165) is 27.2 Å². The average Bonchev–Trinajstić information content (AvgIpc) is 3.27. The molecule has 7 heteroatoms. The zero-order valence-corrected chi connectivity index (χ0v) is 15.5. The number of fused-ring (bicyclic) bond motifs is 1. The normalized spacial score (nSPS) is 11.0. The molecule has 0 aliphatic rings. The molecule has 4 rings (SSSR count). The first-order chi connectivity index (χ1) is 12.7. The summed E-state index contributed by atoms with van der Waals surface area (Å²) in [7, 11) is 0. The maximum absolute atomic E-state index is 12.6. The van der Waals surface area contributed by atoms with Crippen molar-refractivity contribution in [3.05, 3.63) is 70.3 Å². The van der Waals surface area contributed by atoms with Gasteiger partial charge in [-0.15, -0.1) is 22.9 Å². The summed E-state index contributed by atoms with van der Waals surface area (Å²) in [5.74, 6) is 0.0440. The Morgan fingerprint density at radius 3 is 2.81 bits per heavy atom. The van der Waals surface area contributed by atoms with Gasteiger partial charge in [0, 0.05) is 22.3 Å². The van der Waals surface area contributed by atoms with Crippen LogP contribution in [0.5, 0.6) is 0 Å². The summed E-state index contributed by atoms with van der Waals surface area (Å²) in [5, 5.41) is 7.60. The van der Waals surface area contributed by atoms with Crippen molar-refractivity contribution in [2.75, 3.05) is 5.32 Å². The lowest BCUT2D eigenvalue weighted by Gasteiger charge is -2.02. The predicted octanol–water partition coefficient (Wildman–Crippen LogP) is 4.76. The second-order valence-electron chi connectivity index (χ2n) is 5.83. The smallest absolute Gasteiger partial charge is 0.284 e. The number of anilines is 1. The molecule has 130 valence electrons. The Hall–Kier alpha value is -2.70. The summed E-state index contributed by atoms with van der Waals surface area (Å²) in [6.45, 7) is 2.00. The zero-order valence-electron chi connectivity index (χ0n) is 13.9. The molecular formula is C19H15ClN4OS. The van der Waals surface area contributed by atoms with E-state index in [1.165, 1.54) is 11.3 Å². The number of carbonyl (C=O) groups excluding carboxylic acids is 1. The fraction of sp³-hybridized carbons (Fsp3) is 0.105. The summed E-state index contributed by atoms with van der Waals surface area (Å²) in [4.78, 5) is 18.0. The first-order valence-electron chi connectivity index (χ1n) is 8.02. The molecule has 26 heavy (non-hydrogen) atoms. The Balaban J connectivity index is 1.69. The molecule has 1 N–H and O–H groups in total. The summed E-state index contributed by atoms with van der Waals surface area (Å²) in [6.07, 6.45) is 3.62. The highest BCUT2D eigenvalue weighted by Gasteiger charge is 2.20. The maximum atomic E-state index is 12.6. The number of amides is 1. The molecule has 0 bridgehead atoms. The van der Waals surface area contributed by atoms with Crippen LogP contribution in [0.2, 0.25) is 0 Å². The van der Waals surface area contributed by atoms with Crippen molar-refractivity contribution in [2.24, 2.45) is 0 Å². The van der Waals surface area contributed by atoms with Gasteiger partial charge in [-0.2, -0.15) is 5.10 Å². The lowest BCUT2D eigenvalue weighted by atomic mass is 10.2. The van der Waals surface area contributed by atoms with E-state index in [1.807, 2.05) is 55.6 Å². The van der Waals surface area contributed by atoms with Gasteiger partial charge in [-0.1, -0.05) is 23.8 Å². The number of nitrogens with zero attached hydrogens (tertiary/aromatic N) is 3. The van der Waals surface area contributed by atoms with E-state index in [4.69, 9.17) is 11.6 Å². The molecule has 0 fully saturated rings. The van der Waals surface area contributed by atoms with E-state index in [9.17, 15) is 4.79 Å². The van der Waals surface area contributed by atoms with Crippen molar-refractivity contribution in [1.82, 2.24) is 14.6 Å². The summed E-state index contributed by atoms with van der Waals surface area (Å²) >= 11 is 7.41. The van der Waals surface area contributed by atoms with Crippen LogP contribution in [0.15, 0.2) is 54.9 Å². The van der Waals surface area contributed by atoms with E-state index in [2.05, 4.69) is 15.4 Å². The van der Waals surface area contributed by atoms with E-state index >= 15 is 0 Å². The lowest BCUT2D eigenvalue weighted by molar-refractivity contribution is 0.102. The topological polar surface area (TPSA) is 59.3 Å². The van der Waals surface area contributed by atoms with Crippen LogP contribution in [0.3, 0.4) is 0 Å². The number of benzene rings is 1. The van der Waals surface area contributed by atoms with Crippen molar-refractivity contribution in [1.29, 1.82) is 0 Å². The third kappa shape index (κ3) is 3.09. The second kappa shape index (κ2) is 6.90. The predicted molar refractivity (Wildman–Crippen MR) is 105 cm³/mol. The monoisotopic (exact) mass is 382 g/mol. The van der Waals surface area contributed by atoms with Crippen molar-refractivity contribution in [3.63, 3.8) is 0 Å². The van der Waals surface area contributed by atoms with Crippen LogP contribution in [0.4, 0.5) is 5.69 Å². The number of hydrogen-bond acceptors (Lipinski definition) is 4. The Morgan fingerprint density at radius 1 is 1.23 bits per heavy atom. The standard InChI is InChI=1S/C19H15ClN4OS/c1-12-5-7-13(8-6-12)22-18(25)19-23-17(16(10-20)26-19)14-11-21-24-9-3-2-4-15(14)24/h2-9,11H,10H2,1H3,(H,22,25). The van der Waals surface area contributed by atoms with E-state index in [0.29, 0.717) is 10.7 Å². The van der Waals surface area contributed by atoms with Crippen LogP contribution in [0.1, 0.15) is 20.2 Å². The van der Waals surface area contributed by atoms with Gasteiger partial charge >= 0.3 is 0 Å². The van der Waals surface area contributed by atoms with Gasteiger partial charge in [0.1, 0.15) is 0 Å². The minimum atomic E-state index is -0.243. The van der Waals surface area contributed by atoms with Gasteiger partial charge in [-0.05, 0) is 31.2 Å². The highest BCUT2D eigenvalue weighted by atomic mass is 35.5. The lowest BCUT2D eigenvalue weighted by Crippen LogP contribution is -2.11. The zero-order chi connectivity index (χ0) is 18.1. The molecule has 0 saturated heterocycles. The van der Waals surface area contributed by atoms with Gasteiger partial charge in [0.15, 0.2) is 5.01 Å². The van der Waals surface area contributed by atoms with Crippen molar-refractivity contribution >= 4 is 40.0 Å². The molecule has 3 aromatic heterocycles. The number of aryl methyl sites for hydroxylation is 1. The largest absolute Gasteiger partial charge is 0.320 e. The molecule has 0 aliphatic heterocycles. The number of nitrogens with one attached hydrogen (secondary N) is 1. The van der Waals surface area contributed by atoms with Crippen molar-refractivity contribution < 1.29 is 4.79 Å². The quantitative estimate of drug-likeness (QED) is 0.518. The molecule has 4 aromatic rings. The molecule has 5 nitrogen and oxygen atoms in total. The Kier molecular flexibility index (Phi) is 4.44. The first kappa shape index (κ1) is 16.8. The molecule has 0 saturated carbocycles. The van der Waals surface area contributed by atoms with Crippen molar-refractivity contribution in [3.8, 4) is 11.3 Å². The highest BCUT2D eigenvalue weighted by molar-refractivity contribution is 7.14. The number of carbonyl (C=O) groups is 1. The highest BCUT2D eigenvalue weighted by Crippen LogP contribution is 2.32. The third-order valence-electron chi connectivity index (χ3n) is 4.00. The molecule has 0 atom stereocenters. The molecular weight excluding hydrogens is 368 g/mol. The van der Waals surface area contributed by atoms with Crippen LogP contribution in [0.25, 0.3) is 16.8 Å². The molecule has 0 unspecified atom stereocenters. The van der Waals surface area contributed by atoms with Gasteiger partial charge in [0.25, 0.3) is 5.91 Å². The Labute approximate surface area is 159 Å². The fourth-order valence-electron chi connectivity index (χ4n) is 2.69. The number of aromatic nitrogens is 3. The number of alkyl halides is 1. The van der Waals surface area contributed by atoms with Gasteiger partial charge in [-0.25, -0.2) is 9.50 Å². The van der Waals surface area contributed by atoms with Crippen LogP contribution in [-0.4, -0.2) is 20.5 Å². The number of halogens is 1. The number of thiazole rings is 1. The summed E-state index contributed by atoms with van der Waals surface area (Å²) in [5.41, 5.74) is 4.37. The number of hydrogen-bond donors (Lipinski definition) is 1. The van der Waals surface area contributed by atoms with Gasteiger partial charge in [-0.3, -0.25) is 4.79 Å². The van der Waals surface area contributed by atoms with E-state index < -0.39 is 0 Å². The molecule has 0 aliphatic carbocycles. The molecule has 0 radical (unpaired) electrons. The first-order valence-corrected chi connectivity index (χ1v) is 9.37. The van der Waals surface area contributed by atoms with Crippen LogP contribution in [-0.2, 0) is 5.88 Å². The Bertz CT molecular complexity index is 1080. The minimum Gasteiger partial charge on any atom is -0.320 e.